The van der Waals surface area contributed by atoms with Gasteiger partial charge in [-0.05, 0) is 5.56 Å². The van der Waals surface area contributed by atoms with Crippen molar-refractivity contribution < 1.29 is 4.79 Å². The molecule has 0 aliphatic carbocycles. The molecule has 0 bridgehead atoms. The van der Waals surface area contributed by atoms with E-state index in [2.05, 4.69) is 15.4 Å². The molecule has 1 aromatic heterocycles. The molecule has 2 rings (SSSR count). The maximum atomic E-state index is 11.8. The molecule has 1 aromatic carbocycles. The first-order chi connectivity index (χ1) is 9.65. The quantitative estimate of drug-likeness (QED) is 0.805. The van der Waals surface area contributed by atoms with Gasteiger partial charge in [0.1, 0.15) is 6.33 Å². The molecular weight excluding hydrogens is 254 g/mol. The third-order valence-corrected chi connectivity index (χ3v) is 2.95. The molecule has 6 nitrogen and oxygen atoms in total. The number of carbonyl (C=O) groups is 1. The van der Waals surface area contributed by atoms with E-state index in [4.69, 9.17) is 5.73 Å². The van der Waals surface area contributed by atoms with Gasteiger partial charge in [0.05, 0.1) is 0 Å². The van der Waals surface area contributed by atoms with Gasteiger partial charge in [-0.2, -0.15) is 5.10 Å². The molecule has 0 radical (unpaired) electrons. The molecule has 6 heteroatoms. The van der Waals surface area contributed by atoms with E-state index < -0.39 is 0 Å². The number of nitrogens with one attached hydrogen (secondary N) is 1. The molecular formula is C14H19N5O. The van der Waals surface area contributed by atoms with E-state index in [0.29, 0.717) is 13.0 Å². The van der Waals surface area contributed by atoms with Crippen LogP contribution < -0.4 is 11.1 Å². The smallest absolute Gasteiger partial charge is 0.221 e. The predicted molar refractivity (Wildman–Crippen MR) is 75.7 cm³/mol. The minimum Gasteiger partial charge on any atom is -0.356 e. The number of aryl methyl sites for hydroxylation is 1. The van der Waals surface area contributed by atoms with Crippen LogP contribution in [0.3, 0.4) is 0 Å². The van der Waals surface area contributed by atoms with Gasteiger partial charge in [0.25, 0.3) is 0 Å². The van der Waals surface area contributed by atoms with E-state index in [-0.39, 0.29) is 18.4 Å². The largest absolute Gasteiger partial charge is 0.356 e. The average Bonchev–Trinajstić information content (AvgIpc) is 2.85. The SMILES string of the molecule is Cn1cnc(CCNC(=O)CC(N)c2ccccc2)n1. The van der Waals surface area contributed by atoms with Crippen molar-refractivity contribution in [3.63, 3.8) is 0 Å². The Balaban J connectivity index is 1.73. The monoisotopic (exact) mass is 273 g/mol. The van der Waals surface area contributed by atoms with Crippen molar-refractivity contribution in [2.75, 3.05) is 6.54 Å². The first-order valence-electron chi connectivity index (χ1n) is 6.57. The van der Waals surface area contributed by atoms with Gasteiger partial charge in [-0.1, -0.05) is 30.3 Å². The number of rotatable bonds is 6. The lowest BCUT2D eigenvalue weighted by Gasteiger charge is -2.11. The Hall–Kier alpha value is -2.21. The van der Waals surface area contributed by atoms with Crippen LogP contribution in [0.5, 0.6) is 0 Å². The van der Waals surface area contributed by atoms with Crippen LogP contribution in [0.1, 0.15) is 23.9 Å². The summed E-state index contributed by atoms with van der Waals surface area (Å²) in [5, 5.41) is 6.98. The van der Waals surface area contributed by atoms with E-state index in [1.807, 2.05) is 37.4 Å². The zero-order chi connectivity index (χ0) is 14.4. The first kappa shape index (κ1) is 14.2. The number of nitrogens with two attached hydrogens (primary N) is 1. The molecule has 1 atom stereocenters. The number of carbonyl (C=O) groups excluding carboxylic acids is 1. The van der Waals surface area contributed by atoms with E-state index in [0.717, 1.165) is 11.4 Å². The molecule has 1 amide bonds. The molecule has 1 unspecified atom stereocenters. The lowest BCUT2D eigenvalue weighted by molar-refractivity contribution is -0.121. The van der Waals surface area contributed by atoms with E-state index in [1.165, 1.54) is 0 Å². The summed E-state index contributed by atoms with van der Waals surface area (Å²) in [5.74, 6) is 0.664. The lowest BCUT2D eigenvalue weighted by atomic mass is 10.0. The summed E-state index contributed by atoms with van der Waals surface area (Å²) >= 11 is 0. The van der Waals surface area contributed by atoms with Crippen LogP contribution in [-0.4, -0.2) is 27.2 Å². The maximum absolute atomic E-state index is 11.8. The summed E-state index contributed by atoms with van der Waals surface area (Å²) in [5.41, 5.74) is 6.96. The Morgan fingerprint density at radius 3 is 2.80 bits per heavy atom. The zero-order valence-corrected chi connectivity index (χ0v) is 11.5. The summed E-state index contributed by atoms with van der Waals surface area (Å²) in [6.07, 6.45) is 2.54. The van der Waals surface area contributed by atoms with E-state index >= 15 is 0 Å². The van der Waals surface area contributed by atoms with Crippen molar-refractivity contribution in [2.45, 2.75) is 18.9 Å². The van der Waals surface area contributed by atoms with Crippen LogP contribution in [-0.2, 0) is 18.3 Å². The number of benzene rings is 1. The second-order valence-corrected chi connectivity index (χ2v) is 4.66. The highest BCUT2D eigenvalue weighted by Gasteiger charge is 2.11. The van der Waals surface area contributed by atoms with E-state index in [1.54, 1.807) is 11.0 Å². The Bertz CT molecular complexity index is 552. The minimum atomic E-state index is -0.274. The molecule has 106 valence electrons. The summed E-state index contributed by atoms with van der Waals surface area (Å²) in [7, 11) is 1.81. The molecule has 2 aromatic rings. The van der Waals surface area contributed by atoms with Crippen LogP contribution in [0, 0.1) is 0 Å². The van der Waals surface area contributed by atoms with Crippen molar-refractivity contribution in [1.29, 1.82) is 0 Å². The fraction of sp³-hybridized carbons (Fsp3) is 0.357. The molecule has 0 fully saturated rings. The Kier molecular flexibility index (Phi) is 4.84. The highest BCUT2D eigenvalue weighted by atomic mass is 16.1. The van der Waals surface area contributed by atoms with Gasteiger partial charge in [0.2, 0.25) is 5.91 Å². The lowest BCUT2D eigenvalue weighted by Crippen LogP contribution is -2.29. The Labute approximate surface area is 118 Å². The van der Waals surface area contributed by atoms with Crippen molar-refractivity contribution >= 4 is 5.91 Å². The van der Waals surface area contributed by atoms with Crippen LogP contribution >= 0.6 is 0 Å². The van der Waals surface area contributed by atoms with Gasteiger partial charge < -0.3 is 11.1 Å². The summed E-state index contributed by atoms with van der Waals surface area (Å²) in [4.78, 5) is 15.9. The molecule has 0 spiro atoms. The van der Waals surface area contributed by atoms with Crippen molar-refractivity contribution in [2.24, 2.45) is 12.8 Å². The Morgan fingerprint density at radius 2 is 2.15 bits per heavy atom. The summed E-state index contributed by atoms with van der Waals surface area (Å²) in [6, 6.07) is 9.34. The average molecular weight is 273 g/mol. The van der Waals surface area contributed by atoms with Gasteiger partial charge in [0, 0.05) is 32.5 Å². The first-order valence-corrected chi connectivity index (χ1v) is 6.57. The van der Waals surface area contributed by atoms with Crippen LogP contribution in [0.25, 0.3) is 0 Å². The third-order valence-electron chi connectivity index (χ3n) is 2.95. The molecule has 0 aliphatic heterocycles. The predicted octanol–water partition coefficient (Wildman–Crippen LogP) is 0.564. The number of hydrogen-bond acceptors (Lipinski definition) is 4. The van der Waals surface area contributed by atoms with Gasteiger partial charge in [0.15, 0.2) is 5.82 Å². The number of amides is 1. The van der Waals surface area contributed by atoms with Gasteiger partial charge in [-0.15, -0.1) is 0 Å². The summed E-state index contributed by atoms with van der Waals surface area (Å²) in [6.45, 7) is 0.518. The fourth-order valence-corrected chi connectivity index (χ4v) is 1.90. The molecule has 0 saturated heterocycles. The van der Waals surface area contributed by atoms with Gasteiger partial charge in [-0.3, -0.25) is 9.48 Å². The van der Waals surface area contributed by atoms with Crippen molar-refractivity contribution in [3.05, 3.63) is 48.0 Å². The second kappa shape index (κ2) is 6.81. The van der Waals surface area contributed by atoms with E-state index in [9.17, 15) is 4.79 Å². The second-order valence-electron chi connectivity index (χ2n) is 4.66. The number of aromatic nitrogens is 3. The maximum Gasteiger partial charge on any atom is 0.221 e. The number of nitrogens with zero attached hydrogens (tertiary/aromatic N) is 3. The van der Waals surface area contributed by atoms with Gasteiger partial charge in [-0.25, -0.2) is 4.98 Å². The zero-order valence-electron chi connectivity index (χ0n) is 11.5. The van der Waals surface area contributed by atoms with Crippen molar-refractivity contribution in [1.82, 2.24) is 20.1 Å². The van der Waals surface area contributed by atoms with Crippen LogP contribution in [0.15, 0.2) is 36.7 Å². The normalized spacial score (nSPS) is 12.1. The fourth-order valence-electron chi connectivity index (χ4n) is 1.90. The molecule has 1 heterocycles. The highest BCUT2D eigenvalue weighted by Crippen LogP contribution is 2.12. The van der Waals surface area contributed by atoms with Gasteiger partial charge >= 0.3 is 0 Å². The van der Waals surface area contributed by atoms with Crippen molar-refractivity contribution in [3.8, 4) is 0 Å². The topological polar surface area (TPSA) is 85.8 Å². The standard InChI is InChI=1S/C14H19N5O/c1-19-10-17-13(18-19)7-8-16-14(20)9-12(15)11-5-3-2-4-6-11/h2-6,10,12H,7-9,15H2,1H3,(H,16,20). The third kappa shape index (κ3) is 4.17. The molecule has 0 saturated carbocycles. The molecule has 0 aliphatic rings. The Morgan fingerprint density at radius 1 is 1.40 bits per heavy atom. The highest BCUT2D eigenvalue weighted by molar-refractivity contribution is 5.76. The summed E-state index contributed by atoms with van der Waals surface area (Å²) < 4.78 is 1.64. The molecule has 20 heavy (non-hydrogen) atoms. The van der Waals surface area contributed by atoms with Crippen LogP contribution in [0.2, 0.25) is 0 Å². The van der Waals surface area contributed by atoms with Crippen LogP contribution in [0.4, 0.5) is 0 Å². The minimum absolute atomic E-state index is 0.0581. The molecule has 3 N–H and O–H groups in total. The number of hydrogen-bond donors (Lipinski definition) is 2.